The van der Waals surface area contributed by atoms with Crippen molar-refractivity contribution in [3.05, 3.63) is 59.9 Å². The van der Waals surface area contributed by atoms with Crippen LogP contribution in [0.15, 0.2) is 48.8 Å². The van der Waals surface area contributed by atoms with E-state index in [0.29, 0.717) is 25.2 Å². The molecule has 4 rings (SSSR count). The third kappa shape index (κ3) is 3.27. The maximum atomic E-state index is 12.7. The number of amides is 1. The summed E-state index contributed by atoms with van der Waals surface area (Å²) in [5.74, 6) is -0.264. The highest BCUT2D eigenvalue weighted by Crippen LogP contribution is 2.45. The Labute approximate surface area is 163 Å². The molecule has 2 aliphatic heterocycles. The number of hydrogen-bond donors (Lipinski definition) is 1. The number of sulfone groups is 1. The summed E-state index contributed by atoms with van der Waals surface area (Å²) in [6, 6.07) is 9.84. The zero-order chi connectivity index (χ0) is 19.8. The number of pyridine rings is 1. The van der Waals surface area contributed by atoms with Crippen LogP contribution in [-0.4, -0.2) is 59.5 Å². The van der Waals surface area contributed by atoms with Crippen molar-refractivity contribution in [1.82, 2.24) is 9.88 Å². The van der Waals surface area contributed by atoms with E-state index in [4.69, 9.17) is 4.74 Å². The van der Waals surface area contributed by atoms with Gasteiger partial charge in [0.25, 0.3) is 5.91 Å². The molecular weight excluding hydrogens is 380 g/mol. The predicted octanol–water partition coefficient (Wildman–Crippen LogP) is 1.63. The zero-order valence-corrected chi connectivity index (χ0v) is 16.1. The summed E-state index contributed by atoms with van der Waals surface area (Å²) in [5, 5.41) is 9.57. The van der Waals surface area contributed by atoms with Gasteiger partial charge in [-0.15, -0.1) is 0 Å². The van der Waals surface area contributed by atoms with E-state index >= 15 is 0 Å². The number of hydrogen-bond acceptors (Lipinski definition) is 6. The monoisotopic (exact) mass is 402 g/mol. The lowest BCUT2D eigenvalue weighted by molar-refractivity contribution is 0.0209. The molecule has 2 fully saturated rings. The fourth-order valence-corrected chi connectivity index (χ4v) is 6.48. The van der Waals surface area contributed by atoms with Gasteiger partial charge in [-0.1, -0.05) is 12.1 Å². The van der Waals surface area contributed by atoms with Gasteiger partial charge in [0.2, 0.25) is 0 Å². The fraction of sp³-hybridized carbons (Fsp3) is 0.400. The van der Waals surface area contributed by atoms with Gasteiger partial charge >= 0.3 is 0 Å². The van der Waals surface area contributed by atoms with Crippen LogP contribution in [0.1, 0.15) is 22.3 Å². The molecule has 1 aromatic carbocycles. The number of aromatic hydroxyl groups is 1. The number of phenols is 1. The topological polar surface area (TPSA) is 96.8 Å². The normalized spacial score (nSPS) is 22.1. The standard InChI is InChI=1S/C20H22N2O5S/c23-18-5-1-4-16(9-18)19(24)22-13-20(14-22)17(6-8-28(20,25)26)12-27-11-15-3-2-7-21-10-15/h1-5,7,9-10,17,23H,6,8,11-14H2. The molecule has 1 amide bonds. The molecule has 0 aliphatic carbocycles. The van der Waals surface area contributed by atoms with Crippen LogP contribution in [0.4, 0.5) is 0 Å². The minimum absolute atomic E-state index is 0.0104. The molecule has 148 valence electrons. The predicted molar refractivity (Wildman–Crippen MR) is 103 cm³/mol. The third-order valence-electron chi connectivity index (χ3n) is 5.71. The summed E-state index contributed by atoms with van der Waals surface area (Å²) in [6.07, 6.45) is 3.96. The van der Waals surface area contributed by atoms with Gasteiger partial charge in [0.15, 0.2) is 9.84 Å². The molecule has 3 heterocycles. The third-order valence-corrected chi connectivity index (χ3v) is 8.31. The lowest BCUT2D eigenvalue weighted by atomic mass is 9.83. The van der Waals surface area contributed by atoms with Crippen molar-refractivity contribution in [3.8, 4) is 5.75 Å². The van der Waals surface area contributed by atoms with Gasteiger partial charge in [-0.2, -0.15) is 0 Å². The second kappa shape index (κ2) is 7.18. The minimum atomic E-state index is -3.29. The highest BCUT2D eigenvalue weighted by molar-refractivity contribution is 7.93. The number of aromatic nitrogens is 1. The Morgan fingerprint density at radius 1 is 1.29 bits per heavy atom. The first-order valence-corrected chi connectivity index (χ1v) is 10.8. The van der Waals surface area contributed by atoms with E-state index in [9.17, 15) is 18.3 Å². The van der Waals surface area contributed by atoms with Crippen molar-refractivity contribution in [2.24, 2.45) is 5.92 Å². The van der Waals surface area contributed by atoms with Crippen molar-refractivity contribution in [2.75, 3.05) is 25.4 Å². The minimum Gasteiger partial charge on any atom is -0.508 e. The summed E-state index contributed by atoms with van der Waals surface area (Å²) in [6.45, 7) is 1.06. The summed E-state index contributed by atoms with van der Waals surface area (Å²) in [5.41, 5.74) is 1.29. The van der Waals surface area contributed by atoms with E-state index in [0.717, 1.165) is 5.56 Å². The molecule has 0 saturated carbocycles. The molecule has 0 bridgehead atoms. The van der Waals surface area contributed by atoms with Crippen molar-refractivity contribution >= 4 is 15.7 Å². The van der Waals surface area contributed by atoms with Crippen LogP contribution in [0.2, 0.25) is 0 Å². The molecule has 0 radical (unpaired) electrons. The summed E-state index contributed by atoms with van der Waals surface area (Å²) in [4.78, 5) is 18.2. The van der Waals surface area contributed by atoms with Crippen molar-refractivity contribution < 1.29 is 23.1 Å². The number of carbonyl (C=O) groups is 1. The number of ether oxygens (including phenoxy) is 1. The van der Waals surface area contributed by atoms with E-state index in [1.54, 1.807) is 24.5 Å². The van der Waals surface area contributed by atoms with Crippen LogP contribution < -0.4 is 0 Å². The Hall–Kier alpha value is -2.45. The van der Waals surface area contributed by atoms with Gasteiger partial charge in [0.1, 0.15) is 10.5 Å². The van der Waals surface area contributed by atoms with Gasteiger partial charge in [-0.05, 0) is 36.2 Å². The molecule has 8 heteroatoms. The smallest absolute Gasteiger partial charge is 0.254 e. The molecule has 1 aromatic heterocycles. The van der Waals surface area contributed by atoms with E-state index < -0.39 is 14.6 Å². The van der Waals surface area contributed by atoms with Crippen LogP contribution in [0.25, 0.3) is 0 Å². The molecular formula is C20H22N2O5S. The average Bonchev–Trinajstić information content (AvgIpc) is 2.91. The number of benzene rings is 1. The quantitative estimate of drug-likeness (QED) is 0.817. The molecule has 1 spiro atoms. The molecule has 1 unspecified atom stereocenters. The highest BCUT2D eigenvalue weighted by atomic mass is 32.2. The van der Waals surface area contributed by atoms with Crippen molar-refractivity contribution in [2.45, 2.75) is 17.8 Å². The van der Waals surface area contributed by atoms with Crippen LogP contribution in [0.3, 0.4) is 0 Å². The fourth-order valence-electron chi connectivity index (χ4n) is 4.08. The summed E-state index contributed by atoms with van der Waals surface area (Å²) < 4.78 is 30.3. The summed E-state index contributed by atoms with van der Waals surface area (Å²) in [7, 11) is -3.29. The van der Waals surface area contributed by atoms with Crippen molar-refractivity contribution in [3.63, 3.8) is 0 Å². The average molecular weight is 402 g/mol. The molecule has 1 atom stereocenters. The van der Waals surface area contributed by atoms with Gasteiger partial charge in [0.05, 0.1) is 19.0 Å². The Morgan fingerprint density at radius 3 is 2.82 bits per heavy atom. The first-order valence-electron chi connectivity index (χ1n) is 9.18. The van der Waals surface area contributed by atoms with E-state index in [2.05, 4.69) is 4.98 Å². The lowest BCUT2D eigenvalue weighted by Crippen LogP contribution is -2.68. The Balaban J connectivity index is 1.42. The van der Waals surface area contributed by atoms with Gasteiger partial charge < -0.3 is 14.7 Å². The highest BCUT2D eigenvalue weighted by Gasteiger charge is 2.62. The van der Waals surface area contributed by atoms with Gasteiger partial charge in [0, 0.05) is 37.0 Å². The number of carbonyl (C=O) groups excluding carboxylic acids is 1. The Kier molecular flexibility index (Phi) is 4.84. The maximum absolute atomic E-state index is 12.7. The SMILES string of the molecule is O=C(c1cccc(O)c1)N1CC2(C1)C(COCc1cccnc1)CCS2(=O)=O. The molecule has 2 saturated heterocycles. The van der Waals surface area contributed by atoms with E-state index in [1.165, 1.54) is 17.0 Å². The largest absolute Gasteiger partial charge is 0.508 e. The van der Waals surface area contributed by atoms with Crippen LogP contribution in [-0.2, 0) is 21.2 Å². The first-order chi connectivity index (χ1) is 13.4. The van der Waals surface area contributed by atoms with E-state index in [-0.39, 0.29) is 36.4 Å². The van der Waals surface area contributed by atoms with Crippen LogP contribution in [0, 0.1) is 5.92 Å². The van der Waals surface area contributed by atoms with Crippen LogP contribution >= 0.6 is 0 Å². The number of likely N-dealkylation sites (tertiary alicyclic amines) is 1. The zero-order valence-electron chi connectivity index (χ0n) is 15.3. The second-order valence-corrected chi connectivity index (χ2v) is 9.91. The molecule has 2 aromatic rings. The molecule has 2 aliphatic rings. The Bertz CT molecular complexity index is 971. The van der Waals surface area contributed by atoms with Crippen molar-refractivity contribution in [1.29, 1.82) is 0 Å². The molecule has 28 heavy (non-hydrogen) atoms. The first kappa shape index (κ1) is 18.9. The Morgan fingerprint density at radius 2 is 2.11 bits per heavy atom. The van der Waals surface area contributed by atoms with Gasteiger partial charge in [-0.3, -0.25) is 9.78 Å². The number of rotatable bonds is 5. The second-order valence-electron chi connectivity index (χ2n) is 7.46. The van der Waals surface area contributed by atoms with Crippen LogP contribution in [0.5, 0.6) is 5.75 Å². The van der Waals surface area contributed by atoms with E-state index in [1.807, 2.05) is 12.1 Å². The summed E-state index contributed by atoms with van der Waals surface area (Å²) >= 11 is 0. The van der Waals surface area contributed by atoms with Gasteiger partial charge in [-0.25, -0.2) is 8.42 Å². The number of phenolic OH excluding ortho intramolecular Hbond substituents is 1. The lowest BCUT2D eigenvalue weighted by Gasteiger charge is -2.49. The molecule has 7 nitrogen and oxygen atoms in total. The number of nitrogens with zero attached hydrogens (tertiary/aromatic N) is 2. The maximum Gasteiger partial charge on any atom is 0.254 e. The molecule has 1 N–H and O–H groups in total.